The predicted molar refractivity (Wildman–Crippen MR) is 66.0 cm³/mol. The van der Waals surface area contributed by atoms with Crippen LogP contribution in [0.4, 0.5) is 0 Å². The molecule has 19 heavy (non-hydrogen) atoms. The van der Waals surface area contributed by atoms with Crippen molar-refractivity contribution in [2.24, 2.45) is 5.92 Å². The molecule has 1 aromatic heterocycles. The van der Waals surface area contributed by atoms with Gasteiger partial charge >= 0.3 is 5.97 Å². The van der Waals surface area contributed by atoms with Crippen LogP contribution >= 0.6 is 0 Å². The van der Waals surface area contributed by atoms with Gasteiger partial charge in [-0.1, -0.05) is 12.8 Å². The molecule has 0 bridgehead atoms. The van der Waals surface area contributed by atoms with E-state index in [9.17, 15) is 14.7 Å². The van der Waals surface area contributed by atoms with E-state index in [0.717, 1.165) is 25.7 Å². The molecule has 1 aliphatic rings. The van der Waals surface area contributed by atoms with Gasteiger partial charge in [0.25, 0.3) is 5.91 Å². The third-order valence-electron chi connectivity index (χ3n) is 3.43. The Balaban J connectivity index is 1.88. The van der Waals surface area contributed by atoms with Crippen molar-refractivity contribution in [1.29, 1.82) is 0 Å². The van der Waals surface area contributed by atoms with Crippen molar-refractivity contribution in [1.82, 2.24) is 5.32 Å². The highest BCUT2D eigenvalue weighted by molar-refractivity contribution is 5.93. The van der Waals surface area contributed by atoms with Gasteiger partial charge in [-0.3, -0.25) is 4.79 Å². The van der Waals surface area contributed by atoms with E-state index in [1.54, 1.807) is 0 Å². The summed E-state index contributed by atoms with van der Waals surface area (Å²) in [5, 5.41) is 21.1. The highest BCUT2D eigenvalue weighted by atomic mass is 16.4. The molecule has 1 heterocycles. The molecule has 0 spiro atoms. The average Bonchev–Trinajstić information content (AvgIpc) is 2.87. The SMILES string of the molecule is O=C(O)c1ccc(C(=O)NC[C@@H]2CCCC[C@H]2O)o1. The smallest absolute Gasteiger partial charge is 0.371 e. The lowest BCUT2D eigenvalue weighted by molar-refractivity contribution is 0.0647. The monoisotopic (exact) mass is 267 g/mol. The second-order valence-corrected chi connectivity index (χ2v) is 4.79. The van der Waals surface area contributed by atoms with E-state index in [1.807, 2.05) is 0 Å². The van der Waals surface area contributed by atoms with Crippen LogP contribution in [0.2, 0.25) is 0 Å². The van der Waals surface area contributed by atoms with E-state index in [-0.39, 0.29) is 23.5 Å². The first-order chi connectivity index (χ1) is 9.08. The number of rotatable bonds is 4. The number of aliphatic hydroxyl groups excluding tert-OH is 1. The topological polar surface area (TPSA) is 99.8 Å². The van der Waals surface area contributed by atoms with Crippen LogP contribution in [0.1, 0.15) is 46.8 Å². The second kappa shape index (κ2) is 5.88. The van der Waals surface area contributed by atoms with Gasteiger partial charge in [-0.2, -0.15) is 0 Å². The van der Waals surface area contributed by atoms with Gasteiger partial charge in [0.05, 0.1) is 6.10 Å². The minimum atomic E-state index is -1.21. The minimum Gasteiger partial charge on any atom is -0.475 e. The zero-order valence-electron chi connectivity index (χ0n) is 10.5. The summed E-state index contributed by atoms with van der Waals surface area (Å²) in [6.45, 7) is 0.378. The van der Waals surface area contributed by atoms with Gasteiger partial charge in [0, 0.05) is 12.5 Å². The van der Waals surface area contributed by atoms with Gasteiger partial charge in [0.2, 0.25) is 5.76 Å². The van der Waals surface area contributed by atoms with Crippen molar-refractivity contribution in [2.75, 3.05) is 6.54 Å². The van der Waals surface area contributed by atoms with Crippen LogP contribution < -0.4 is 5.32 Å². The van der Waals surface area contributed by atoms with Crippen LogP contribution in [-0.4, -0.2) is 34.7 Å². The fourth-order valence-electron chi connectivity index (χ4n) is 2.31. The molecule has 1 saturated carbocycles. The Morgan fingerprint density at radius 1 is 1.26 bits per heavy atom. The Bertz CT molecular complexity index is 467. The van der Waals surface area contributed by atoms with E-state index in [4.69, 9.17) is 9.52 Å². The van der Waals surface area contributed by atoms with Crippen LogP contribution in [0.5, 0.6) is 0 Å². The Labute approximate surface area is 110 Å². The van der Waals surface area contributed by atoms with Gasteiger partial charge < -0.3 is 19.9 Å². The summed E-state index contributed by atoms with van der Waals surface area (Å²) < 4.78 is 4.90. The number of hydrogen-bond acceptors (Lipinski definition) is 4. The molecule has 0 aliphatic heterocycles. The third kappa shape index (κ3) is 3.35. The number of furan rings is 1. The van der Waals surface area contributed by atoms with Crippen LogP contribution in [0.15, 0.2) is 16.5 Å². The fourth-order valence-corrected chi connectivity index (χ4v) is 2.31. The fraction of sp³-hybridized carbons (Fsp3) is 0.538. The molecule has 3 N–H and O–H groups in total. The van der Waals surface area contributed by atoms with E-state index < -0.39 is 11.9 Å². The number of carboxylic acids is 1. The number of hydrogen-bond donors (Lipinski definition) is 3. The molecule has 1 aromatic rings. The maximum Gasteiger partial charge on any atom is 0.371 e. The minimum absolute atomic E-state index is 0.0253. The van der Waals surface area contributed by atoms with Gasteiger partial charge in [-0.25, -0.2) is 4.79 Å². The predicted octanol–water partition coefficient (Wildman–Crippen LogP) is 1.26. The van der Waals surface area contributed by atoms with Gasteiger partial charge in [-0.05, 0) is 25.0 Å². The quantitative estimate of drug-likeness (QED) is 0.762. The molecule has 1 aliphatic carbocycles. The third-order valence-corrected chi connectivity index (χ3v) is 3.43. The highest BCUT2D eigenvalue weighted by Crippen LogP contribution is 2.23. The Kier molecular flexibility index (Phi) is 4.21. The molecular weight excluding hydrogens is 250 g/mol. The summed E-state index contributed by atoms with van der Waals surface area (Å²) in [4.78, 5) is 22.4. The number of carboxylic acid groups (broad SMARTS) is 1. The number of aliphatic hydroxyl groups is 1. The Morgan fingerprint density at radius 2 is 1.95 bits per heavy atom. The van der Waals surface area contributed by atoms with Crippen molar-refractivity contribution in [3.05, 3.63) is 23.7 Å². The van der Waals surface area contributed by atoms with Crippen molar-refractivity contribution in [2.45, 2.75) is 31.8 Å². The number of carbonyl (C=O) groups excluding carboxylic acids is 1. The molecule has 2 rings (SSSR count). The zero-order chi connectivity index (χ0) is 13.8. The van der Waals surface area contributed by atoms with Crippen LogP contribution in [0.3, 0.4) is 0 Å². The second-order valence-electron chi connectivity index (χ2n) is 4.79. The molecule has 2 atom stereocenters. The van der Waals surface area contributed by atoms with Crippen LogP contribution in [0, 0.1) is 5.92 Å². The number of amides is 1. The summed E-state index contributed by atoms with van der Waals surface area (Å²) in [6.07, 6.45) is 3.36. The first kappa shape index (κ1) is 13.6. The summed E-state index contributed by atoms with van der Waals surface area (Å²) in [7, 11) is 0. The van der Waals surface area contributed by atoms with E-state index in [0.29, 0.717) is 6.54 Å². The van der Waals surface area contributed by atoms with E-state index in [1.165, 1.54) is 12.1 Å². The highest BCUT2D eigenvalue weighted by Gasteiger charge is 2.24. The number of carbonyl (C=O) groups is 2. The van der Waals surface area contributed by atoms with Crippen LogP contribution in [-0.2, 0) is 0 Å². The number of nitrogens with one attached hydrogen (secondary N) is 1. The first-order valence-corrected chi connectivity index (χ1v) is 6.37. The van der Waals surface area contributed by atoms with E-state index >= 15 is 0 Å². The normalized spacial score (nSPS) is 23.0. The molecule has 0 radical (unpaired) electrons. The van der Waals surface area contributed by atoms with Gasteiger partial charge in [0.1, 0.15) is 0 Å². The van der Waals surface area contributed by atoms with E-state index in [2.05, 4.69) is 5.32 Å². The van der Waals surface area contributed by atoms with Gasteiger partial charge in [0.15, 0.2) is 5.76 Å². The van der Waals surface area contributed by atoms with Crippen molar-refractivity contribution in [3.8, 4) is 0 Å². The lowest BCUT2D eigenvalue weighted by Crippen LogP contribution is -2.36. The Morgan fingerprint density at radius 3 is 2.58 bits per heavy atom. The summed E-state index contributed by atoms with van der Waals surface area (Å²) in [5.74, 6) is -1.89. The van der Waals surface area contributed by atoms with Crippen molar-refractivity contribution < 1.29 is 24.2 Å². The number of aromatic carboxylic acids is 1. The Hall–Kier alpha value is -1.82. The van der Waals surface area contributed by atoms with Crippen LogP contribution in [0.25, 0.3) is 0 Å². The molecule has 0 unspecified atom stereocenters. The largest absolute Gasteiger partial charge is 0.475 e. The van der Waals surface area contributed by atoms with Gasteiger partial charge in [-0.15, -0.1) is 0 Å². The molecule has 6 nitrogen and oxygen atoms in total. The summed E-state index contributed by atoms with van der Waals surface area (Å²) >= 11 is 0. The van der Waals surface area contributed by atoms with Crippen molar-refractivity contribution >= 4 is 11.9 Å². The molecule has 0 aromatic carbocycles. The zero-order valence-corrected chi connectivity index (χ0v) is 10.5. The first-order valence-electron chi connectivity index (χ1n) is 6.37. The van der Waals surface area contributed by atoms with Crippen molar-refractivity contribution in [3.63, 3.8) is 0 Å². The molecule has 104 valence electrons. The maximum atomic E-state index is 11.8. The lowest BCUT2D eigenvalue weighted by atomic mass is 9.86. The molecule has 1 amide bonds. The lowest BCUT2D eigenvalue weighted by Gasteiger charge is -2.27. The standard InChI is InChI=1S/C13H17NO5/c15-9-4-2-1-3-8(9)7-14-12(16)10-5-6-11(19-10)13(17)18/h5-6,8-9,15H,1-4,7H2,(H,14,16)(H,17,18)/t8-,9+/m0/s1. The molecular formula is C13H17NO5. The molecule has 0 saturated heterocycles. The maximum absolute atomic E-state index is 11.8. The molecule has 1 fully saturated rings. The molecule has 6 heteroatoms. The summed E-state index contributed by atoms with van der Waals surface area (Å²) in [6, 6.07) is 2.57. The average molecular weight is 267 g/mol. The summed E-state index contributed by atoms with van der Waals surface area (Å²) in [5.41, 5.74) is 0.